The van der Waals surface area contributed by atoms with Crippen molar-refractivity contribution in [3.8, 4) is 0 Å². The number of benzene rings is 1. The van der Waals surface area contributed by atoms with Crippen LogP contribution in [0.3, 0.4) is 0 Å². The molecule has 0 bridgehead atoms. The van der Waals surface area contributed by atoms with E-state index >= 15 is 0 Å². The predicted octanol–water partition coefficient (Wildman–Crippen LogP) is 2.70. The third-order valence-electron chi connectivity index (χ3n) is 5.13. The van der Waals surface area contributed by atoms with Crippen LogP contribution >= 0.6 is 0 Å². The predicted molar refractivity (Wildman–Crippen MR) is 82.9 cm³/mol. The van der Waals surface area contributed by atoms with E-state index in [2.05, 4.69) is 24.1 Å². The quantitative estimate of drug-likeness (QED) is 0.895. The Kier molecular flexibility index (Phi) is 4.18. The molecule has 1 aromatic carbocycles. The lowest BCUT2D eigenvalue weighted by Gasteiger charge is -2.26. The summed E-state index contributed by atoms with van der Waals surface area (Å²) in [5, 5.41) is 13.4. The van der Waals surface area contributed by atoms with Gasteiger partial charge in [-0.15, -0.1) is 0 Å². The number of hydrogen-bond acceptors (Lipinski definition) is 3. The molecule has 1 aromatic rings. The number of nitrogens with zero attached hydrogens (tertiary/aromatic N) is 1. The molecule has 4 atom stereocenters. The minimum absolute atomic E-state index is 0.131. The molecule has 4 heteroatoms. The second kappa shape index (κ2) is 5.93. The molecule has 0 radical (unpaired) electrons. The number of aliphatic hydroxyl groups is 1. The maximum Gasteiger partial charge on any atom is 0.146 e. The number of rotatable bonds is 4. The molecule has 2 aliphatic rings. The highest BCUT2D eigenvalue weighted by atomic mass is 19.1. The van der Waals surface area contributed by atoms with Gasteiger partial charge in [0.25, 0.3) is 0 Å². The maximum atomic E-state index is 14.4. The fourth-order valence-electron chi connectivity index (χ4n) is 4.05. The van der Waals surface area contributed by atoms with Crippen molar-refractivity contribution < 1.29 is 9.50 Å². The SMILES string of the molecule is CCNC(C)c1cccc(F)c1N1CC2CCC(O)C2C1. The van der Waals surface area contributed by atoms with Gasteiger partial charge in [0.15, 0.2) is 0 Å². The molecule has 0 amide bonds. The first kappa shape index (κ1) is 14.8. The third kappa shape index (κ3) is 2.67. The first-order valence-corrected chi connectivity index (χ1v) is 8.06. The van der Waals surface area contributed by atoms with E-state index in [4.69, 9.17) is 0 Å². The molecule has 4 unspecified atom stereocenters. The van der Waals surface area contributed by atoms with Gasteiger partial charge in [0.2, 0.25) is 0 Å². The summed E-state index contributed by atoms with van der Waals surface area (Å²) in [5.74, 6) is 0.681. The summed E-state index contributed by atoms with van der Waals surface area (Å²) in [4.78, 5) is 2.15. The zero-order valence-corrected chi connectivity index (χ0v) is 12.8. The van der Waals surface area contributed by atoms with E-state index in [9.17, 15) is 9.50 Å². The molecule has 3 rings (SSSR count). The molecule has 1 saturated heterocycles. The largest absolute Gasteiger partial charge is 0.393 e. The van der Waals surface area contributed by atoms with Crippen LogP contribution in [0.25, 0.3) is 0 Å². The number of anilines is 1. The molecule has 3 nitrogen and oxygen atoms in total. The Morgan fingerprint density at radius 3 is 2.90 bits per heavy atom. The molecule has 1 saturated carbocycles. The van der Waals surface area contributed by atoms with Gasteiger partial charge in [-0.1, -0.05) is 19.1 Å². The summed E-state index contributed by atoms with van der Waals surface area (Å²) in [7, 11) is 0. The molecule has 0 aromatic heterocycles. The third-order valence-corrected chi connectivity index (χ3v) is 5.13. The van der Waals surface area contributed by atoms with Crippen molar-refractivity contribution in [1.82, 2.24) is 5.32 Å². The molecule has 2 fully saturated rings. The average molecular weight is 292 g/mol. The average Bonchev–Trinajstić information content (AvgIpc) is 3.01. The Balaban J connectivity index is 1.88. The Morgan fingerprint density at radius 2 is 2.19 bits per heavy atom. The van der Waals surface area contributed by atoms with Crippen molar-refractivity contribution in [2.45, 2.75) is 38.8 Å². The smallest absolute Gasteiger partial charge is 0.146 e. The molecule has 1 heterocycles. The minimum atomic E-state index is -0.207. The molecular weight excluding hydrogens is 267 g/mol. The van der Waals surface area contributed by atoms with Crippen LogP contribution in [0.2, 0.25) is 0 Å². The highest BCUT2D eigenvalue weighted by Crippen LogP contribution is 2.42. The molecule has 1 aliphatic carbocycles. The van der Waals surface area contributed by atoms with Gasteiger partial charge < -0.3 is 15.3 Å². The summed E-state index contributed by atoms with van der Waals surface area (Å²) >= 11 is 0. The highest BCUT2D eigenvalue weighted by Gasteiger charge is 2.42. The summed E-state index contributed by atoms with van der Waals surface area (Å²) < 4.78 is 14.4. The zero-order valence-electron chi connectivity index (χ0n) is 12.8. The Labute approximate surface area is 126 Å². The van der Waals surface area contributed by atoms with E-state index in [0.29, 0.717) is 11.8 Å². The van der Waals surface area contributed by atoms with Gasteiger partial charge >= 0.3 is 0 Å². The lowest BCUT2D eigenvalue weighted by molar-refractivity contribution is 0.133. The van der Waals surface area contributed by atoms with Gasteiger partial charge in [-0.05, 0) is 43.9 Å². The molecule has 21 heavy (non-hydrogen) atoms. The van der Waals surface area contributed by atoms with Gasteiger partial charge in [0.1, 0.15) is 5.82 Å². The number of halogens is 1. The van der Waals surface area contributed by atoms with E-state index in [1.807, 2.05) is 6.07 Å². The first-order chi connectivity index (χ1) is 10.1. The standard InChI is InChI=1S/C17H25FN2O/c1-3-19-11(2)13-5-4-6-15(18)17(13)20-9-12-7-8-16(21)14(12)10-20/h4-6,11-12,14,16,19,21H,3,7-10H2,1-2H3. The number of aliphatic hydroxyl groups excluding tert-OH is 1. The lowest BCUT2D eigenvalue weighted by Crippen LogP contribution is -2.28. The van der Waals surface area contributed by atoms with Crippen LogP contribution in [0, 0.1) is 17.7 Å². The van der Waals surface area contributed by atoms with Crippen molar-refractivity contribution in [3.05, 3.63) is 29.6 Å². The highest BCUT2D eigenvalue weighted by molar-refractivity contribution is 5.57. The summed E-state index contributed by atoms with van der Waals surface area (Å²) in [6, 6.07) is 5.47. The van der Waals surface area contributed by atoms with Crippen LogP contribution in [0.4, 0.5) is 10.1 Å². The molecule has 116 valence electrons. The second-order valence-electron chi connectivity index (χ2n) is 6.43. The molecule has 0 spiro atoms. The van der Waals surface area contributed by atoms with E-state index in [1.165, 1.54) is 0 Å². The number of nitrogens with one attached hydrogen (secondary N) is 1. The van der Waals surface area contributed by atoms with Crippen LogP contribution in [0.5, 0.6) is 0 Å². The Bertz CT molecular complexity index is 508. The van der Waals surface area contributed by atoms with E-state index in [-0.39, 0.29) is 18.0 Å². The topological polar surface area (TPSA) is 35.5 Å². The van der Waals surface area contributed by atoms with Crippen molar-refractivity contribution in [2.24, 2.45) is 11.8 Å². The van der Waals surface area contributed by atoms with Crippen molar-refractivity contribution in [2.75, 3.05) is 24.5 Å². The number of hydrogen-bond donors (Lipinski definition) is 2. The van der Waals surface area contributed by atoms with Crippen molar-refractivity contribution >= 4 is 5.69 Å². The Morgan fingerprint density at radius 1 is 1.38 bits per heavy atom. The van der Waals surface area contributed by atoms with Crippen LogP contribution in [0.15, 0.2) is 18.2 Å². The van der Waals surface area contributed by atoms with E-state index in [0.717, 1.165) is 43.7 Å². The van der Waals surface area contributed by atoms with Gasteiger partial charge in [0.05, 0.1) is 11.8 Å². The summed E-state index contributed by atoms with van der Waals surface area (Å²) in [5.41, 5.74) is 1.75. The van der Waals surface area contributed by atoms with Crippen LogP contribution in [0.1, 0.15) is 38.3 Å². The molecular formula is C17H25FN2O. The van der Waals surface area contributed by atoms with Crippen molar-refractivity contribution in [1.29, 1.82) is 0 Å². The number of fused-ring (bicyclic) bond motifs is 1. The number of para-hydroxylation sites is 1. The van der Waals surface area contributed by atoms with Gasteiger partial charge in [0, 0.05) is 25.0 Å². The summed E-state index contributed by atoms with van der Waals surface area (Å²) in [6.07, 6.45) is 1.76. The zero-order chi connectivity index (χ0) is 15.0. The van der Waals surface area contributed by atoms with Crippen LogP contribution in [-0.2, 0) is 0 Å². The van der Waals surface area contributed by atoms with Gasteiger partial charge in [-0.3, -0.25) is 0 Å². The normalized spacial score (nSPS) is 29.7. The van der Waals surface area contributed by atoms with Gasteiger partial charge in [-0.2, -0.15) is 0 Å². The second-order valence-corrected chi connectivity index (χ2v) is 6.43. The fourth-order valence-corrected chi connectivity index (χ4v) is 4.05. The summed E-state index contributed by atoms with van der Waals surface area (Å²) in [6.45, 7) is 6.65. The van der Waals surface area contributed by atoms with Gasteiger partial charge in [-0.25, -0.2) is 4.39 Å². The maximum absolute atomic E-state index is 14.4. The fraction of sp³-hybridized carbons (Fsp3) is 0.647. The van der Waals surface area contributed by atoms with Crippen molar-refractivity contribution in [3.63, 3.8) is 0 Å². The van der Waals surface area contributed by atoms with E-state index in [1.54, 1.807) is 12.1 Å². The lowest BCUT2D eigenvalue weighted by atomic mass is 10.00. The first-order valence-electron chi connectivity index (χ1n) is 8.06. The monoisotopic (exact) mass is 292 g/mol. The minimum Gasteiger partial charge on any atom is -0.393 e. The van der Waals surface area contributed by atoms with Crippen LogP contribution in [-0.4, -0.2) is 30.8 Å². The Hall–Kier alpha value is -1.13. The molecule has 2 N–H and O–H groups in total. The van der Waals surface area contributed by atoms with Crippen LogP contribution < -0.4 is 10.2 Å². The molecule has 1 aliphatic heterocycles. The van der Waals surface area contributed by atoms with E-state index < -0.39 is 0 Å².